The fourth-order valence-electron chi connectivity index (χ4n) is 3.00. The second-order valence-corrected chi connectivity index (χ2v) is 6.24. The lowest BCUT2D eigenvalue weighted by atomic mass is 10.00. The van der Waals surface area contributed by atoms with Crippen molar-refractivity contribution >= 4 is 47.0 Å². The third kappa shape index (κ3) is 3.77. The number of nitrogens with one attached hydrogen (secondary N) is 1. The van der Waals surface area contributed by atoms with E-state index in [9.17, 15) is 4.79 Å². The highest BCUT2D eigenvalue weighted by Gasteiger charge is 2.20. The van der Waals surface area contributed by atoms with Gasteiger partial charge in [-0.05, 0) is 55.2 Å². The molecule has 24 heavy (non-hydrogen) atoms. The molecule has 3 rings (SSSR count). The van der Waals surface area contributed by atoms with Gasteiger partial charge in [0, 0.05) is 28.6 Å². The highest BCUT2D eigenvalue weighted by atomic mass is 35.5. The van der Waals surface area contributed by atoms with Crippen LogP contribution >= 0.6 is 24.0 Å². The summed E-state index contributed by atoms with van der Waals surface area (Å²) in [7, 11) is 0. The molecule has 4 nitrogen and oxygen atoms in total. The third-order valence-electron chi connectivity index (χ3n) is 4.26. The molecule has 0 aliphatic carbocycles. The topological polar surface area (TPSA) is 58.4 Å². The molecule has 0 unspecified atom stereocenters. The molecular formula is C18H21Cl2N3O. The Balaban J connectivity index is 0.00000208. The third-order valence-corrected chi connectivity index (χ3v) is 4.67. The van der Waals surface area contributed by atoms with Gasteiger partial charge in [0.15, 0.2) is 0 Å². The first-order valence-electron chi connectivity index (χ1n) is 7.73. The number of carbonyl (C=O) groups excluding carboxylic acids is 1. The fraction of sp³-hybridized carbons (Fsp3) is 0.278. The van der Waals surface area contributed by atoms with E-state index >= 15 is 0 Å². The van der Waals surface area contributed by atoms with E-state index in [-0.39, 0.29) is 18.3 Å². The smallest absolute Gasteiger partial charge is 0.243 e. The average Bonchev–Trinajstić information content (AvgIpc) is 2.53. The van der Waals surface area contributed by atoms with Gasteiger partial charge >= 0.3 is 0 Å². The Kier molecular flexibility index (Phi) is 5.97. The van der Waals surface area contributed by atoms with E-state index in [2.05, 4.69) is 10.2 Å². The van der Waals surface area contributed by atoms with Crippen LogP contribution in [0.25, 0.3) is 0 Å². The van der Waals surface area contributed by atoms with Gasteiger partial charge < -0.3 is 16.0 Å². The molecule has 2 aromatic rings. The normalized spacial score (nSPS) is 13.0. The van der Waals surface area contributed by atoms with Crippen LogP contribution in [0.2, 0.25) is 5.02 Å². The standard InChI is InChI=1S/C18H20ClN3O.ClH/c1-12-14(19)6-2-8-16(12)21-18(23)11-22-10-4-5-13-15(20)7-3-9-17(13)22;/h2-3,6-9H,4-5,10-11,20H2,1H3,(H,21,23);1H. The lowest BCUT2D eigenvalue weighted by Gasteiger charge is -2.31. The zero-order valence-corrected chi connectivity index (χ0v) is 15.1. The van der Waals surface area contributed by atoms with Gasteiger partial charge in [-0.2, -0.15) is 0 Å². The molecule has 2 aromatic carbocycles. The van der Waals surface area contributed by atoms with Crippen LogP contribution in [0.4, 0.5) is 17.1 Å². The van der Waals surface area contributed by atoms with Gasteiger partial charge in [-0.15, -0.1) is 12.4 Å². The predicted octanol–water partition coefficient (Wildman–Crippen LogP) is 4.04. The van der Waals surface area contributed by atoms with Gasteiger partial charge in [-0.1, -0.05) is 23.7 Å². The van der Waals surface area contributed by atoms with Crippen molar-refractivity contribution in [2.24, 2.45) is 0 Å². The van der Waals surface area contributed by atoms with Crippen molar-refractivity contribution in [1.29, 1.82) is 0 Å². The summed E-state index contributed by atoms with van der Waals surface area (Å²) in [5, 5.41) is 3.60. The van der Waals surface area contributed by atoms with Crippen molar-refractivity contribution in [2.75, 3.05) is 29.0 Å². The minimum Gasteiger partial charge on any atom is -0.398 e. The molecule has 1 aliphatic heterocycles. The molecule has 0 spiro atoms. The van der Waals surface area contributed by atoms with Crippen molar-refractivity contribution < 1.29 is 4.79 Å². The maximum Gasteiger partial charge on any atom is 0.243 e. The van der Waals surface area contributed by atoms with Crippen LogP contribution < -0.4 is 16.0 Å². The molecule has 0 atom stereocenters. The van der Waals surface area contributed by atoms with E-state index in [0.717, 1.165) is 47.6 Å². The molecule has 128 valence electrons. The highest BCUT2D eigenvalue weighted by molar-refractivity contribution is 6.31. The summed E-state index contributed by atoms with van der Waals surface area (Å²) >= 11 is 6.10. The van der Waals surface area contributed by atoms with E-state index in [1.807, 2.05) is 43.3 Å². The minimum absolute atomic E-state index is 0. The Hall–Kier alpha value is -1.91. The molecule has 1 amide bonds. The van der Waals surface area contributed by atoms with Crippen LogP contribution in [-0.4, -0.2) is 19.0 Å². The summed E-state index contributed by atoms with van der Waals surface area (Å²) < 4.78 is 0. The summed E-state index contributed by atoms with van der Waals surface area (Å²) in [4.78, 5) is 14.5. The Morgan fingerprint density at radius 3 is 2.83 bits per heavy atom. The van der Waals surface area contributed by atoms with Gasteiger partial charge in [-0.3, -0.25) is 4.79 Å². The SMILES string of the molecule is Cc1c(Cl)cccc1NC(=O)CN1CCCc2c(N)cccc21.Cl. The summed E-state index contributed by atoms with van der Waals surface area (Å²) in [6, 6.07) is 11.4. The Morgan fingerprint density at radius 1 is 1.29 bits per heavy atom. The van der Waals surface area contributed by atoms with E-state index in [1.165, 1.54) is 0 Å². The maximum atomic E-state index is 12.4. The van der Waals surface area contributed by atoms with Crippen molar-refractivity contribution in [3.63, 3.8) is 0 Å². The Bertz CT molecular complexity index is 749. The number of fused-ring (bicyclic) bond motifs is 1. The zero-order valence-electron chi connectivity index (χ0n) is 13.5. The van der Waals surface area contributed by atoms with Crippen molar-refractivity contribution in [2.45, 2.75) is 19.8 Å². The molecule has 0 radical (unpaired) electrons. The van der Waals surface area contributed by atoms with Crippen LogP contribution in [0, 0.1) is 6.92 Å². The fourth-order valence-corrected chi connectivity index (χ4v) is 3.17. The van der Waals surface area contributed by atoms with E-state index in [0.29, 0.717) is 11.6 Å². The molecule has 0 saturated carbocycles. The molecular weight excluding hydrogens is 345 g/mol. The molecule has 6 heteroatoms. The first kappa shape index (κ1) is 18.4. The van der Waals surface area contributed by atoms with Crippen LogP contribution in [-0.2, 0) is 11.2 Å². The number of halogens is 2. The van der Waals surface area contributed by atoms with Gasteiger partial charge in [0.1, 0.15) is 0 Å². The number of amides is 1. The van der Waals surface area contributed by atoms with Crippen LogP contribution in [0.5, 0.6) is 0 Å². The van der Waals surface area contributed by atoms with Gasteiger partial charge in [0.25, 0.3) is 0 Å². The van der Waals surface area contributed by atoms with Gasteiger partial charge in [0.2, 0.25) is 5.91 Å². The monoisotopic (exact) mass is 365 g/mol. The first-order valence-corrected chi connectivity index (χ1v) is 8.11. The summed E-state index contributed by atoms with van der Waals surface area (Å²) in [6.45, 7) is 3.07. The molecule has 0 saturated heterocycles. The molecule has 0 fully saturated rings. The van der Waals surface area contributed by atoms with Crippen molar-refractivity contribution in [3.05, 3.63) is 52.5 Å². The van der Waals surface area contributed by atoms with Crippen LogP contribution in [0.15, 0.2) is 36.4 Å². The highest BCUT2D eigenvalue weighted by Crippen LogP contribution is 2.31. The predicted molar refractivity (Wildman–Crippen MR) is 103 cm³/mol. The lowest BCUT2D eigenvalue weighted by Crippen LogP contribution is -2.37. The summed E-state index contributed by atoms with van der Waals surface area (Å²) in [5.74, 6) is -0.0503. The quantitative estimate of drug-likeness (QED) is 0.806. The molecule has 0 bridgehead atoms. The molecule has 3 N–H and O–H groups in total. The first-order chi connectivity index (χ1) is 11.1. The number of benzene rings is 2. The number of hydrogen-bond donors (Lipinski definition) is 2. The van der Waals surface area contributed by atoms with E-state index in [1.54, 1.807) is 0 Å². The van der Waals surface area contributed by atoms with E-state index in [4.69, 9.17) is 17.3 Å². The zero-order chi connectivity index (χ0) is 16.4. The number of nitrogens with two attached hydrogens (primary N) is 1. The minimum atomic E-state index is -0.0503. The largest absolute Gasteiger partial charge is 0.398 e. The number of rotatable bonds is 3. The maximum absolute atomic E-state index is 12.4. The Labute approximate surface area is 153 Å². The van der Waals surface area contributed by atoms with Crippen molar-refractivity contribution in [1.82, 2.24) is 0 Å². The number of nitrogen functional groups attached to an aromatic ring is 1. The van der Waals surface area contributed by atoms with Crippen LogP contribution in [0.1, 0.15) is 17.5 Å². The van der Waals surface area contributed by atoms with Crippen LogP contribution in [0.3, 0.4) is 0 Å². The van der Waals surface area contributed by atoms with Crippen molar-refractivity contribution in [3.8, 4) is 0 Å². The molecule has 0 aromatic heterocycles. The summed E-state index contributed by atoms with van der Waals surface area (Å²) in [5.41, 5.74) is 10.7. The number of anilines is 3. The lowest BCUT2D eigenvalue weighted by molar-refractivity contribution is -0.115. The molecule has 1 aliphatic rings. The molecule has 1 heterocycles. The van der Waals surface area contributed by atoms with Gasteiger partial charge in [0.05, 0.1) is 6.54 Å². The number of nitrogens with zero attached hydrogens (tertiary/aromatic N) is 1. The average molecular weight is 366 g/mol. The second kappa shape index (κ2) is 7.77. The summed E-state index contributed by atoms with van der Waals surface area (Å²) in [6.07, 6.45) is 1.97. The second-order valence-electron chi connectivity index (χ2n) is 5.83. The van der Waals surface area contributed by atoms with Gasteiger partial charge in [-0.25, -0.2) is 0 Å². The Morgan fingerprint density at radius 2 is 2.04 bits per heavy atom. The number of carbonyl (C=O) groups is 1. The number of hydrogen-bond acceptors (Lipinski definition) is 3. The van der Waals surface area contributed by atoms with E-state index < -0.39 is 0 Å².